The Morgan fingerprint density at radius 3 is 2.95 bits per heavy atom. The first kappa shape index (κ1) is 13.4. The number of aryl methyl sites for hydroxylation is 1. The molecule has 0 radical (unpaired) electrons. The summed E-state index contributed by atoms with van der Waals surface area (Å²) in [6, 6.07) is 5.78. The van der Waals surface area contributed by atoms with Crippen LogP contribution in [-0.4, -0.2) is 25.7 Å². The first-order valence-electron chi connectivity index (χ1n) is 6.36. The molecule has 0 saturated heterocycles. The number of amides is 1. The third kappa shape index (κ3) is 3.14. The Bertz CT molecular complexity index is 733. The molecule has 7 heteroatoms. The number of hydrogen-bond acceptors (Lipinski definition) is 5. The van der Waals surface area contributed by atoms with E-state index in [2.05, 4.69) is 20.4 Å². The molecule has 3 rings (SSSR count). The number of aromatic nitrogens is 4. The fourth-order valence-corrected chi connectivity index (χ4v) is 2.49. The Balaban J connectivity index is 1.74. The molecule has 0 aliphatic rings. The molecule has 3 aromatic rings. The molecule has 0 saturated carbocycles. The number of nitrogens with zero attached hydrogens (tertiary/aromatic N) is 4. The first-order chi connectivity index (χ1) is 10.2. The van der Waals surface area contributed by atoms with Gasteiger partial charge in [0.05, 0.1) is 24.6 Å². The van der Waals surface area contributed by atoms with Crippen molar-refractivity contribution < 1.29 is 4.79 Å². The van der Waals surface area contributed by atoms with Gasteiger partial charge in [-0.15, -0.1) is 11.3 Å². The summed E-state index contributed by atoms with van der Waals surface area (Å²) in [6.45, 7) is 2.45. The Hall–Kier alpha value is -2.54. The average molecular weight is 299 g/mol. The van der Waals surface area contributed by atoms with Crippen molar-refractivity contribution in [2.45, 2.75) is 13.5 Å². The maximum atomic E-state index is 12.1. The van der Waals surface area contributed by atoms with Gasteiger partial charge in [0.15, 0.2) is 0 Å². The number of carbonyl (C=O) groups excluding carboxylic acids is 1. The van der Waals surface area contributed by atoms with Gasteiger partial charge in [0, 0.05) is 17.1 Å². The van der Waals surface area contributed by atoms with Gasteiger partial charge in [0.25, 0.3) is 5.91 Å². The zero-order valence-electron chi connectivity index (χ0n) is 11.4. The zero-order valence-corrected chi connectivity index (χ0v) is 12.2. The second kappa shape index (κ2) is 5.84. The van der Waals surface area contributed by atoms with E-state index >= 15 is 0 Å². The summed E-state index contributed by atoms with van der Waals surface area (Å²) in [5.41, 5.74) is 1.05. The lowest BCUT2D eigenvalue weighted by Gasteiger charge is -2.07. The first-order valence-corrected chi connectivity index (χ1v) is 7.24. The van der Waals surface area contributed by atoms with E-state index in [1.54, 1.807) is 34.5 Å². The molecule has 6 nitrogen and oxygen atoms in total. The number of rotatable bonds is 4. The predicted octanol–water partition coefficient (Wildman–Crippen LogP) is 2.34. The summed E-state index contributed by atoms with van der Waals surface area (Å²) in [5, 5.41) is 9.04. The fourth-order valence-electron chi connectivity index (χ4n) is 1.81. The lowest BCUT2D eigenvalue weighted by atomic mass is 10.4. The normalized spacial score (nSPS) is 10.5. The summed E-state index contributed by atoms with van der Waals surface area (Å²) in [4.78, 5) is 21.4. The van der Waals surface area contributed by atoms with Gasteiger partial charge in [-0.05, 0) is 18.4 Å². The molecular weight excluding hydrogens is 286 g/mol. The summed E-state index contributed by atoms with van der Waals surface area (Å²) >= 11 is 1.65. The average Bonchev–Trinajstić information content (AvgIpc) is 3.13. The molecule has 3 aromatic heterocycles. The second-order valence-corrected chi connectivity index (χ2v) is 5.48. The highest BCUT2D eigenvalue weighted by Crippen LogP contribution is 2.14. The number of thiophene rings is 1. The number of hydrogen-bond donors (Lipinski definition) is 1. The van der Waals surface area contributed by atoms with Crippen molar-refractivity contribution in [2.24, 2.45) is 0 Å². The maximum absolute atomic E-state index is 12.1. The SMILES string of the molecule is Cc1cnc(C(=O)Nc2ccnn2Cc2cccs2)cn1. The highest BCUT2D eigenvalue weighted by Gasteiger charge is 2.11. The van der Waals surface area contributed by atoms with Crippen LogP contribution in [0.5, 0.6) is 0 Å². The van der Waals surface area contributed by atoms with Crippen molar-refractivity contribution >= 4 is 23.1 Å². The summed E-state index contributed by atoms with van der Waals surface area (Å²) in [5.74, 6) is 0.339. The molecular formula is C14H13N5OS. The molecule has 1 N–H and O–H groups in total. The number of anilines is 1. The molecule has 0 aliphatic carbocycles. The van der Waals surface area contributed by atoms with E-state index in [9.17, 15) is 4.79 Å². The zero-order chi connectivity index (χ0) is 14.7. The molecule has 0 aliphatic heterocycles. The van der Waals surface area contributed by atoms with Crippen molar-refractivity contribution in [3.63, 3.8) is 0 Å². The van der Waals surface area contributed by atoms with Crippen molar-refractivity contribution in [2.75, 3.05) is 5.32 Å². The number of nitrogens with one attached hydrogen (secondary N) is 1. The Labute approximate surface area is 125 Å². The Morgan fingerprint density at radius 1 is 1.33 bits per heavy atom. The van der Waals surface area contributed by atoms with Crippen LogP contribution in [0, 0.1) is 6.92 Å². The Morgan fingerprint density at radius 2 is 2.24 bits per heavy atom. The van der Waals surface area contributed by atoms with E-state index in [-0.39, 0.29) is 11.6 Å². The van der Waals surface area contributed by atoms with Crippen LogP contribution >= 0.6 is 11.3 Å². The fraction of sp³-hybridized carbons (Fsp3) is 0.143. The van der Waals surface area contributed by atoms with Crippen LogP contribution in [0.4, 0.5) is 5.82 Å². The molecule has 0 fully saturated rings. The molecule has 0 bridgehead atoms. The van der Waals surface area contributed by atoms with Gasteiger partial charge in [-0.3, -0.25) is 9.78 Å². The van der Waals surface area contributed by atoms with Crippen LogP contribution in [-0.2, 0) is 6.54 Å². The third-order valence-electron chi connectivity index (χ3n) is 2.86. The van der Waals surface area contributed by atoms with Gasteiger partial charge in [0.1, 0.15) is 11.5 Å². The van der Waals surface area contributed by atoms with E-state index in [0.717, 1.165) is 5.69 Å². The van der Waals surface area contributed by atoms with Crippen molar-refractivity contribution in [1.82, 2.24) is 19.7 Å². The lowest BCUT2D eigenvalue weighted by molar-refractivity contribution is 0.102. The van der Waals surface area contributed by atoms with Gasteiger partial charge in [0.2, 0.25) is 0 Å². The van der Waals surface area contributed by atoms with Crippen molar-refractivity contribution in [1.29, 1.82) is 0 Å². The second-order valence-electron chi connectivity index (χ2n) is 4.45. The van der Waals surface area contributed by atoms with E-state index in [1.807, 2.05) is 24.4 Å². The highest BCUT2D eigenvalue weighted by molar-refractivity contribution is 7.09. The standard InChI is InChI=1S/C14H13N5OS/c1-10-7-16-12(8-15-10)14(20)18-13-4-5-17-19(13)9-11-3-2-6-21-11/h2-8H,9H2,1H3,(H,18,20). The van der Waals surface area contributed by atoms with Crippen LogP contribution in [0.15, 0.2) is 42.2 Å². The van der Waals surface area contributed by atoms with Crippen LogP contribution in [0.3, 0.4) is 0 Å². The molecule has 0 unspecified atom stereocenters. The molecule has 3 heterocycles. The molecule has 0 aromatic carbocycles. The van der Waals surface area contributed by atoms with Crippen molar-refractivity contribution in [3.05, 3.63) is 58.4 Å². The van der Waals surface area contributed by atoms with Gasteiger partial charge >= 0.3 is 0 Å². The predicted molar refractivity (Wildman–Crippen MR) is 80.4 cm³/mol. The molecule has 21 heavy (non-hydrogen) atoms. The van der Waals surface area contributed by atoms with Crippen LogP contribution in [0.1, 0.15) is 21.1 Å². The van der Waals surface area contributed by atoms with E-state index in [0.29, 0.717) is 12.4 Å². The minimum Gasteiger partial charge on any atom is -0.305 e. The monoisotopic (exact) mass is 299 g/mol. The topological polar surface area (TPSA) is 72.7 Å². The Kier molecular flexibility index (Phi) is 3.74. The smallest absolute Gasteiger partial charge is 0.277 e. The van der Waals surface area contributed by atoms with Crippen LogP contribution in [0.2, 0.25) is 0 Å². The molecule has 0 atom stereocenters. The van der Waals surface area contributed by atoms with Gasteiger partial charge in [-0.25, -0.2) is 9.67 Å². The highest BCUT2D eigenvalue weighted by atomic mass is 32.1. The minimum atomic E-state index is -0.296. The summed E-state index contributed by atoms with van der Waals surface area (Å²) < 4.78 is 1.74. The summed E-state index contributed by atoms with van der Waals surface area (Å²) in [6.07, 6.45) is 4.69. The minimum absolute atomic E-state index is 0.282. The molecule has 0 spiro atoms. The summed E-state index contributed by atoms with van der Waals surface area (Å²) in [7, 11) is 0. The van der Waals surface area contributed by atoms with Gasteiger partial charge in [-0.1, -0.05) is 6.07 Å². The quantitative estimate of drug-likeness (QED) is 0.802. The van der Waals surface area contributed by atoms with E-state index < -0.39 is 0 Å². The van der Waals surface area contributed by atoms with E-state index in [1.165, 1.54) is 11.1 Å². The number of carbonyl (C=O) groups is 1. The van der Waals surface area contributed by atoms with Crippen molar-refractivity contribution in [3.8, 4) is 0 Å². The molecule has 106 valence electrons. The van der Waals surface area contributed by atoms with E-state index in [4.69, 9.17) is 0 Å². The third-order valence-corrected chi connectivity index (χ3v) is 3.72. The van der Waals surface area contributed by atoms with Crippen LogP contribution in [0.25, 0.3) is 0 Å². The lowest BCUT2D eigenvalue weighted by Crippen LogP contribution is -2.17. The maximum Gasteiger partial charge on any atom is 0.277 e. The molecule has 1 amide bonds. The van der Waals surface area contributed by atoms with Gasteiger partial charge in [-0.2, -0.15) is 5.10 Å². The van der Waals surface area contributed by atoms with Gasteiger partial charge < -0.3 is 5.32 Å². The van der Waals surface area contributed by atoms with Crippen LogP contribution < -0.4 is 5.32 Å². The largest absolute Gasteiger partial charge is 0.305 e.